The minimum absolute atomic E-state index is 0.0638. The van der Waals surface area contributed by atoms with Gasteiger partial charge in [-0.15, -0.1) is 0 Å². The third-order valence-corrected chi connectivity index (χ3v) is 2.88. The Hall–Kier alpha value is -0.200. The highest BCUT2D eigenvalue weighted by Gasteiger charge is 2.30. The van der Waals surface area contributed by atoms with Crippen LogP contribution in [0.5, 0.6) is 0 Å². The fourth-order valence-corrected chi connectivity index (χ4v) is 2.02. The van der Waals surface area contributed by atoms with Crippen LogP contribution in [0.25, 0.3) is 0 Å². The van der Waals surface area contributed by atoms with E-state index in [2.05, 4.69) is 5.32 Å². The van der Waals surface area contributed by atoms with E-state index in [4.69, 9.17) is 10.2 Å². The molecule has 1 aliphatic rings. The van der Waals surface area contributed by atoms with Gasteiger partial charge in [-0.1, -0.05) is 0 Å². The molecule has 0 bridgehead atoms. The van der Waals surface area contributed by atoms with E-state index in [0.29, 0.717) is 19.6 Å². The summed E-state index contributed by atoms with van der Waals surface area (Å²) in [5.41, 5.74) is -0.657. The Bertz CT molecular complexity index is 166. The monoisotopic (exact) mass is 218 g/mol. The summed E-state index contributed by atoms with van der Waals surface area (Å²) in [6, 6.07) is 0. The van der Waals surface area contributed by atoms with Crippen molar-refractivity contribution < 1.29 is 15.3 Å². The lowest BCUT2D eigenvalue weighted by atomic mass is 9.92. The lowest BCUT2D eigenvalue weighted by molar-refractivity contribution is -0.0262. The Morgan fingerprint density at radius 3 is 2.07 bits per heavy atom. The zero-order valence-corrected chi connectivity index (χ0v) is 9.15. The van der Waals surface area contributed by atoms with Crippen molar-refractivity contribution in [2.45, 2.75) is 18.4 Å². The number of hydrogen-bond acceptors (Lipinski definition) is 5. The first-order valence-corrected chi connectivity index (χ1v) is 5.57. The molecule has 0 aromatic rings. The average Bonchev–Trinajstić information content (AvgIpc) is 2.19. The van der Waals surface area contributed by atoms with Crippen LogP contribution in [0, 0.1) is 0 Å². The maximum absolute atomic E-state index is 10.2. The molecule has 5 heteroatoms. The number of piperidine rings is 1. The van der Waals surface area contributed by atoms with E-state index >= 15 is 0 Å². The van der Waals surface area contributed by atoms with Crippen molar-refractivity contribution >= 4 is 0 Å². The van der Waals surface area contributed by atoms with Crippen LogP contribution in [0.4, 0.5) is 0 Å². The maximum Gasteiger partial charge on any atom is 0.0798 e. The zero-order valence-electron chi connectivity index (χ0n) is 9.15. The van der Waals surface area contributed by atoms with Crippen molar-refractivity contribution in [3.63, 3.8) is 0 Å². The van der Waals surface area contributed by atoms with Crippen molar-refractivity contribution in [2.75, 3.05) is 45.9 Å². The molecule has 0 saturated carbocycles. The smallest absolute Gasteiger partial charge is 0.0798 e. The summed E-state index contributed by atoms with van der Waals surface area (Å²) < 4.78 is 0. The maximum atomic E-state index is 10.2. The molecular weight excluding hydrogens is 196 g/mol. The quantitative estimate of drug-likeness (QED) is 0.431. The highest BCUT2D eigenvalue weighted by Crippen LogP contribution is 2.19. The molecule has 15 heavy (non-hydrogen) atoms. The highest BCUT2D eigenvalue weighted by molar-refractivity contribution is 4.87. The molecule has 1 rings (SSSR count). The van der Waals surface area contributed by atoms with E-state index in [1.807, 2.05) is 4.90 Å². The van der Waals surface area contributed by atoms with Crippen LogP contribution < -0.4 is 5.32 Å². The summed E-state index contributed by atoms with van der Waals surface area (Å²) in [4.78, 5) is 1.91. The molecule has 1 saturated heterocycles. The molecule has 0 unspecified atom stereocenters. The van der Waals surface area contributed by atoms with Gasteiger partial charge >= 0.3 is 0 Å². The topological polar surface area (TPSA) is 76.0 Å². The van der Waals surface area contributed by atoms with Crippen molar-refractivity contribution in [3.05, 3.63) is 0 Å². The second kappa shape index (κ2) is 6.40. The predicted molar refractivity (Wildman–Crippen MR) is 57.7 cm³/mol. The number of rotatable bonds is 6. The first-order chi connectivity index (χ1) is 7.20. The predicted octanol–water partition coefficient (Wildman–Crippen LogP) is -1.61. The standard InChI is InChI=1S/C10H22N2O3/c13-7-5-12(6-8-14)9-10(15)1-3-11-4-2-10/h11,13-15H,1-9H2. The van der Waals surface area contributed by atoms with Crippen LogP contribution in [0.1, 0.15) is 12.8 Å². The third-order valence-electron chi connectivity index (χ3n) is 2.88. The van der Waals surface area contributed by atoms with Crippen LogP contribution in [-0.4, -0.2) is 71.8 Å². The molecule has 0 atom stereocenters. The van der Waals surface area contributed by atoms with Gasteiger partial charge in [-0.25, -0.2) is 0 Å². The normalized spacial score (nSPS) is 20.8. The van der Waals surface area contributed by atoms with E-state index in [9.17, 15) is 5.11 Å². The van der Waals surface area contributed by atoms with Gasteiger partial charge in [0.05, 0.1) is 18.8 Å². The summed E-state index contributed by atoms with van der Waals surface area (Å²) in [6.45, 7) is 3.36. The van der Waals surface area contributed by atoms with Crippen LogP contribution >= 0.6 is 0 Å². The number of nitrogens with zero attached hydrogens (tertiary/aromatic N) is 1. The van der Waals surface area contributed by atoms with Crippen LogP contribution in [0.15, 0.2) is 0 Å². The Morgan fingerprint density at radius 1 is 1.07 bits per heavy atom. The number of aliphatic hydroxyl groups excluding tert-OH is 2. The lowest BCUT2D eigenvalue weighted by Crippen LogP contribution is -2.50. The molecule has 0 aromatic heterocycles. The first-order valence-electron chi connectivity index (χ1n) is 5.57. The minimum Gasteiger partial charge on any atom is -0.395 e. The molecular formula is C10H22N2O3. The van der Waals surface area contributed by atoms with Gasteiger partial charge in [0.25, 0.3) is 0 Å². The molecule has 5 nitrogen and oxygen atoms in total. The first kappa shape index (κ1) is 12.9. The summed E-state index contributed by atoms with van der Waals surface area (Å²) in [7, 11) is 0. The Kier molecular flexibility index (Phi) is 5.49. The fourth-order valence-electron chi connectivity index (χ4n) is 2.02. The van der Waals surface area contributed by atoms with Gasteiger partial charge in [0, 0.05) is 19.6 Å². The van der Waals surface area contributed by atoms with E-state index in [0.717, 1.165) is 25.9 Å². The summed E-state index contributed by atoms with van der Waals surface area (Å²) in [5, 5.41) is 31.2. The van der Waals surface area contributed by atoms with Crippen molar-refractivity contribution in [1.29, 1.82) is 0 Å². The summed E-state index contributed by atoms with van der Waals surface area (Å²) >= 11 is 0. The van der Waals surface area contributed by atoms with E-state index in [1.54, 1.807) is 0 Å². The van der Waals surface area contributed by atoms with Gasteiger partial charge < -0.3 is 20.6 Å². The van der Waals surface area contributed by atoms with Crippen molar-refractivity contribution in [2.24, 2.45) is 0 Å². The second-order valence-electron chi connectivity index (χ2n) is 4.20. The van der Waals surface area contributed by atoms with Crippen LogP contribution in [0.2, 0.25) is 0 Å². The summed E-state index contributed by atoms with van der Waals surface area (Å²) in [5.74, 6) is 0. The molecule has 0 amide bonds. The Balaban J connectivity index is 2.39. The molecule has 4 N–H and O–H groups in total. The van der Waals surface area contributed by atoms with Gasteiger partial charge in [0.15, 0.2) is 0 Å². The Morgan fingerprint density at radius 2 is 1.60 bits per heavy atom. The van der Waals surface area contributed by atoms with Gasteiger partial charge in [-0.3, -0.25) is 4.90 Å². The second-order valence-corrected chi connectivity index (χ2v) is 4.20. The van der Waals surface area contributed by atoms with E-state index < -0.39 is 5.60 Å². The van der Waals surface area contributed by atoms with E-state index in [-0.39, 0.29) is 13.2 Å². The third kappa shape index (κ3) is 4.44. The summed E-state index contributed by atoms with van der Waals surface area (Å²) in [6.07, 6.45) is 1.47. The number of hydrogen-bond donors (Lipinski definition) is 4. The lowest BCUT2D eigenvalue weighted by Gasteiger charge is -2.36. The minimum atomic E-state index is -0.657. The number of nitrogens with one attached hydrogen (secondary N) is 1. The molecule has 0 radical (unpaired) electrons. The van der Waals surface area contributed by atoms with Crippen molar-refractivity contribution in [3.8, 4) is 0 Å². The van der Waals surface area contributed by atoms with Crippen molar-refractivity contribution in [1.82, 2.24) is 10.2 Å². The Labute approximate surface area is 90.7 Å². The molecule has 0 spiro atoms. The molecule has 1 aliphatic heterocycles. The van der Waals surface area contributed by atoms with Crippen LogP contribution in [-0.2, 0) is 0 Å². The average molecular weight is 218 g/mol. The molecule has 0 aromatic carbocycles. The fraction of sp³-hybridized carbons (Fsp3) is 1.00. The van der Waals surface area contributed by atoms with Crippen LogP contribution in [0.3, 0.4) is 0 Å². The van der Waals surface area contributed by atoms with E-state index in [1.165, 1.54) is 0 Å². The van der Waals surface area contributed by atoms with Gasteiger partial charge in [0.1, 0.15) is 0 Å². The molecule has 90 valence electrons. The largest absolute Gasteiger partial charge is 0.395 e. The molecule has 0 aliphatic carbocycles. The number of aliphatic hydroxyl groups is 3. The van der Waals surface area contributed by atoms with Gasteiger partial charge in [-0.2, -0.15) is 0 Å². The highest BCUT2D eigenvalue weighted by atomic mass is 16.3. The molecule has 1 heterocycles. The van der Waals surface area contributed by atoms with Gasteiger partial charge in [-0.05, 0) is 25.9 Å². The SMILES string of the molecule is OCCN(CCO)CC1(O)CCNCC1. The zero-order chi connectivity index (χ0) is 11.1. The van der Waals surface area contributed by atoms with Gasteiger partial charge in [0.2, 0.25) is 0 Å². The molecule has 1 fully saturated rings.